The van der Waals surface area contributed by atoms with Crippen LogP contribution in [0.5, 0.6) is 11.5 Å². The van der Waals surface area contributed by atoms with Gasteiger partial charge in [-0.05, 0) is 30.7 Å². The van der Waals surface area contributed by atoms with Crippen molar-refractivity contribution in [2.45, 2.75) is 12.8 Å². The van der Waals surface area contributed by atoms with Gasteiger partial charge in [-0.15, -0.1) is 0 Å². The van der Waals surface area contributed by atoms with E-state index in [2.05, 4.69) is 0 Å². The quantitative estimate of drug-likeness (QED) is 0.571. The second-order valence-corrected chi connectivity index (χ2v) is 8.19. The molecule has 0 N–H and O–H groups in total. The zero-order chi connectivity index (χ0) is 19.8. The Balaban J connectivity index is 1.56. The normalized spacial score (nSPS) is 17.0. The lowest BCUT2D eigenvalue weighted by Crippen LogP contribution is -2.37. The molecule has 144 valence electrons. The summed E-state index contributed by atoms with van der Waals surface area (Å²) in [5.41, 5.74) is 3.82. The fourth-order valence-electron chi connectivity index (χ4n) is 3.82. The molecule has 0 aliphatic carbocycles. The van der Waals surface area contributed by atoms with Gasteiger partial charge in [0.2, 0.25) is 5.91 Å². The van der Waals surface area contributed by atoms with Crippen LogP contribution in [0.4, 0.5) is 5.69 Å². The van der Waals surface area contributed by atoms with Gasteiger partial charge in [-0.3, -0.25) is 9.69 Å². The highest BCUT2D eigenvalue weighted by atomic mass is 32.2. The lowest BCUT2D eigenvalue weighted by Gasteiger charge is -2.30. The van der Waals surface area contributed by atoms with Crippen LogP contribution < -0.4 is 4.74 Å². The highest BCUT2D eigenvalue weighted by Gasteiger charge is 2.38. The number of aryl methyl sites for hydroxylation is 1. The topological polar surface area (TPSA) is 41.9 Å². The van der Waals surface area contributed by atoms with Crippen LogP contribution in [0.3, 0.4) is 0 Å². The Morgan fingerprint density at radius 1 is 0.966 bits per heavy atom. The summed E-state index contributed by atoms with van der Waals surface area (Å²) >= 11 is 1.63. The molecule has 0 aromatic heterocycles. The number of fused-ring (bicyclic) bond motifs is 2. The van der Waals surface area contributed by atoms with Gasteiger partial charge in [-0.25, -0.2) is 4.99 Å². The summed E-state index contributed by atoms with van der Waals surface area (Å²) in [6.45, 7) is 2.70. The van der Waals surface area contributed by atoms with Crippen LogP contribution in [0.15, 0.2) is 77.8 Å². The van der Waals surface area contributed by atoms with Crippen LogP contribution in [0.1, 0.15) is 22.6 Å². The van der Waals surface area contributed by atoms with E-state index in [4.69, 9.17) is 9.73 Å². The Kier molecular flexibility index (Phi) is 4.60. The van der Waals surface area contributed by atoms with Crippen LogP contribution >= 0.6 is 11.8 Å². The van der Waals surface area contributed by atoms with Gasteiger partial charge in [0.05, 0.1) is 11.6 Å². The van der Waals surface area contributed by atoms with Gasteiger partial charge in [0.25, 0.3) is 0 Å². The molecule has 1 fully saturated rings. The summed E-state index contributed by atoms with van der Waals surface area (Å²) in [5.74, 6) is 1.99. The number of aliphatic imine (C=N–C) groups is 1. The molecule has 4 nitrogen and oxygen atoms in total. The third kappa shape index (κ3) is 3.21. The molecule has 3 aromatic rings. The van der Waals surface area contributed by atoms with Gasteiger partial charge in [0.15, 0.2) is 5.17 Å². The van der Waals surface area contributed by atoms with E-state index >= 15 is 0 Å². The van der Waals surface area contributed by atoms with E-state index in [-0.39, 0.29) is 5.91 Å². The number of carbonyl (C=O) groups is 1. The van der Waals surface area contributed by atoms with Crippen LogP contribution in [0.2, 0.25) is 0 Å². The highest BCUT2D eigenvalue weighted by molar-refractivity contribution is 8.14. The van der Waals surface area contributed by atoms with Crippen molar-refractivity contribution in [3.63, 3.8) is 0 Å². The van der Waals surface area contributed by atoms with E-state index in [0.29, 0.717) is 6.54 Å². The molecule has 3 aromatic carbocycles. The number of para-hydroxylation sites is 3. The first kappa shape index (κ1) is 18.0. The standard InChI is InChI=1S/C24H20N2O2S/c1-16-8-2-5-11-19(16)25-24-26(14-15-29-24)23(27)22-17-9-3-6-12-20(17)28-21-13-7-4-10-18(21)22/h2-13,22H,14-15H2,1H3. The first-order chi connectivity index (χ1) is 14.2. The van der Waals surface area contributed by atoms with Gasteiger partial charge in [-0.1, -0.05) is 66.4 Å². The third-order valence-electron chi connectivity index (χ3n) is 5.30. The maximum absolute atomic E-state index is 13.8. The zero-order valence-electron chi connectivity index (χ0n) is 16.0. The number of rotatable bonds is 2. The van der Waals surface area contributed by atoms with Crippen molar-refractivity contribution in [1.29, 1.82) is 0 Å². The molecule has 0 bridgehead atoms. The van der Waals surface area contributed by atoms with Gasteiger partial charge in [0.1, 0.15) is 11.5 Å². The number of hydrogen-bond acceptors (Lipinski definition) is 4. The van der Waals surface area contributed by atoms with Gasteiger partial charge in [-0.2, -0.15) is 0 Å². The van der Waals surface area contributed by atoms with Crippen molar-refractivity contribution < 1.29 is 9.53 Å². The second kappa shape index (κ2) is 7.41. The Bertz CT molecular complexity index is 1080. The molecule has 2 heterocycles. The monoisotopic (exact) mass is 400 g/mol. The third-order valence-corrected chi connectivity index (χ3v) is 6.26. The van der Waals surface area contributed by atoms with Crippen LogP contribution in [-0.2, 0) is 4.79 Å². The number of ether oxygens (including phenoxy) is 1. The molecule has 2 aliphatic heterocycles. The van der Waals surface area contributed by atoms with Crippen molar-refractivity contribution in [2.75, 3.05) is 12.3 Å². The molecule has 2 aliphatic rings. The van der Waals surface area contributed by atoms with Crippen molar-refractivity contribution >= 4 is 28.5 Å². The number of carbonyl (C=O) groups excluding carboxylic acids is 1. The summed E-state index contributed by atoms with van der Waals surface area (Å²) < 4.78 is 6.05. The van der Waals surface area contributed by atoms with E-state index < -0.39 is 5.92 Å². The molecule has 0 unspecified atom stereocenters. The molecule has 0 atom stereocenters. The van der Waals surface area contributed by atoms with Gasteiger partial charge < -0.3 is 4.74 Å². The van der Waals surface area contributed by atoms with Crippen LogP contribution in [0, 0.1) is 6.92 Å². The number of thioether (sulfide) groups is 1. The average Bonchev–Trinajstić information content (AvgIpc) is 3.21. The summed E-state index contributed by atoms with van der Waals surface area (Å²) in [7, 11) is 0. The van der Waals surface area contributed by atoms with E-state index in [1.165, 1.54) is 0 Å². The van der Waals surface area contributed by atoms with Gasteiger partial charge in [0, 0.05) is 23.4 Å². The van der Waals surface area contributed by atoms with E-state index in [1.807, 2.05) is 84.6 Å². The Hall–Kier alpha value is -3.05. The maximum atomic E-state index is 13.8. The average molecular weight is 401 g/mol. The molecule has 1 saturated heterocycles. The smallest absolute Gasteiger partial charge is 0.240 e. The maximum Gasteiger partial charge on any atom is 0.240 e. The number of nitrogens with zero attached hydrogens (tertiary/aromatic N) is 2. The van der Waals surface area contributed by atoms with Crippen molar-refractivity contribution in [3.8, 4) is 11.5 Å². The summed E-state index contributed by atoms with van der Waals surface area (Å²) in [6.07, 6.45) is 0. The highest BCUT2D eigenvalue weighted by Crippen LogP contribution is 2.45. The fraction of sp³-hybridized carbons (Fsp3) is 0.167. The summed E-state index contributed by atoms with van der Waals surface area (Å²) in [5, 5.41) is 0.769. The second-order valence-electron chi connectivity index (χ2n) is 7.13. The minimum atomic E-state index is -0.392. The summed E-state index contributed by atoms with van der Waals surface area (Å²) in [6, 6.07) is 23.6. The molecule has 1 amide bonds. The Labute approximate surface area is 174 Å². The zero-order valence-corrected chi connectivity index (χ0v) is 16.9. The molecule has 5 heteroatoms. The summed E-state index contributed by atoms with van der Waals surface area (Å²) in [4.78, 5) is 20.4. The minimum absolute atomic E-state index is 0.0468. The molecule has 5 rings (SSSR count). The van der Waals surface area contributed by atoms with Crippen LogP contribution in [-0.4, -0.2) is 28.3 Å². The minimum Gasteiger partial charge on any atom is -0.457 e. The predicted molar refractivity (Wildman–Crippen MR) is 117 cm³/mol. The van der Waals surface area contributed by atoms with E-state index in [0.717, 1.165) is 44.8 Å². The van der Waals surface area contributed by atoms with E-state index in [9.17, 15) is 4.79 Å². The van der Waals surface area contributed by atoms with Crippen molar-refractivity contribution in [1.82, 2.24) is 4.90 Å². The van der Waals surface area contributed by atoms with Crippen molar-refractivity contribution in [2.24, 2.45) is 4.99 Å². The van der Waals surface area contributed by atoms with E-state index in [1.54, 1.807) is 11.8 Å². The number of amidine groups is 1. The fourth-order valence-corrected chi connectivity index (χ4v) is 4.78. The largest absolute Gasteiger partial charge is 0.457 e. The lowest BCUT2D eigenvalue weighted by atomic mass is 9.87. The molecule has 0 radical (unpaired) electrons. The Morgan fingerprint density at radius 3 is 2.28 bits per heavy atom. The molecule has 0 spiro atoms. The Morgan fingerprint density at radius 2 is 1.59 bits per heavy atom. The van der Waals surface area contributed by atoms with Crippen molar-refractivity contribution in [3.05, 3.63) is 89.5 Å². The lowest BCUT2D eigenvalue weighted by molar-refractivity contribution is -0.127. The molecular weight excluding hydrogens is 380 g/mol. The SMILES string of the molecule is Cc1ccccc1N=C1SCCN1C(=O)C1c2ccccc2Oc2ccccc21. The molecule has 0 saturated carbocycles. The van der Waals surface area contributed by atoms with Crippen LogP contribution in [0.25, 0.3) is 0 Å². The number of benzene rings is 3. The molecule has 29 heavy (non-hydrogen) atoms. The number of hydrogen-bond donors (Lipinski definition) is 0. The predicted octanol–water partition coefficient (Wildman–Crippen LogP) is 5.50. The van der Waals surface area contributed by atoms with Gasteiger partial charge >= 0.3 is 0 Å². The molecular formula is C24H20N2O2S. The number of amides is 1. The first-order valence-electron chi connectivity index (χ1n) is 9.66. The first-order valence-corrected chi connectivity index (χ1v) is 10.6.